The van der Waals surface area contributed by atoms with Crippen molar-refractivity contribution >= 4 is 11.9 Å². The van der Waals surface area contributed by atoms with Gasteiger partial charge in [0.25, 0.3) is 0 Å². The lowest BCUT2D eigenvalue weighted by molar-refractivity contribution is -0.421. The molecule has 12 unspecified atom stereocenters. The molecule has 7 heterocycles. The van der Waals surface area contributed by atoms with Crippen molar-refractivity contribution in [1.82, 2.24) is 5.32 Å². The Kier molecular flexibility index (Phi) is 37.1. The Morgan fingerprint density at radius 2 is 0.577 bits per heavy atom. The van der Waals surface area contributed by atoms with E-state index in [2.05, 4.69) is 5.32 Å². The topological polar surface area (TPSA) is 268 Å². The van der Waals surface area contributed by atoms with Crippen LogP contribution < -0.4 is 5.32 Å². The molecule has 7 fully saturated rings. The quantitative estimate of drug-likeness (QED) is 0.0348. The zero-order valence-electron chi connectivity index (χ0n) is 82.3. The summed E-state index contributed by atoms with van der Waals surface area (Å²) < 4.78 is 176. The van der Waals surface area contributed by atoms with E-state index in [1.807, 2.05) is 345 Å². The van der Waals surface area contributed by atoms with Gasteiger partial charge in [-0.3, -0.25) is 9.59 Å². The molecule has 7 aliphatic heterocycles. The second-order valence-electron chi connectivity index (χ2n) is 38.1. The van der Waals surface area contributed by atoms with Gasteiger partial charge in [0.05, 0.1) is 116 Å². The van der Waals surface area contributed by atoms with Crippen molar-refractivity contribution in [3.63, 3.8) is 0 Å². The fourth-order valence-electron chi connectivity index (χ4n) is 19.7. The van der Waals surface area contributed by atoms with Crippen LogP contribution in [0.1, 0.15) is 125 Å². The van der Waals surface area contributed by atoms with Gasteiger partial charge in [-0.05, 0) is 104 Å². The number of carbonyl (C=O) groups is 2. The first-order valence-corrected chi connectivity index (χ1v) is 49.7. The summed E-state index contributed by atoms with van der Waals surface area (Å²) in [5, 5.41) is 3.26. The highest BCUT2D eigenvalue weighted by Crippen LogP contribution is 2.45. The Balaban J connectivity index is 0.796. The number of carbonyl (C=O) groups excluding carboxylic acids is 2. The SMILES string of the molecule is CC(=O)NC1[C@H](OC2[C@H](OC3[C@H](C)OC(C)[C@H](OCc4ccccc4)[C@@H]3OCc3ccccc3)OC(C)[C@H](OCc3ccccc3)[C@@H]2O[C@H]2O[C@@H](COCc3ccccc3)[C@@H](OCc3ccccc3)C(OCc3ccccc3)C2OCc2ccccc2)OC2COC(C)(C)O[C@H]2[C@@H]1O[C@@H]1OC(C)[C@H](OCc2ccccc2)[C@H](O[C@@H]2OC(C)[C@H](OCc3ccccc3)[C@H](OCc3ccccc3)C2C)C1OC(C)=O. The van der Waals surface area contributed by atoms with Gasteiger partial charge < -0.3 is 119 Å². The number of amides is 1. The molecule has 0 aromatic heterocycles. The van der Waals surface area contributed by atoms with E-state index in [0.717, 1.165) is 55.6 Å². The third-order valence-electron chi connectivity index (χ3n) is 26.9. The van der Waals surface area contributed by atoms with Crippen LogP contribution in [0.25, 0.3) is 0 Å². The second kappa shape index (κ2) is 50.8. The molecule has 27 nitrogen and oxygen atoms in total. The van der Waals surface area contributed by atoms with E-state index in [4.69, 9.17) is 114 Å². The van der Waals surface area contributed by atoms with E-state index in [9.17, 15) is 4.79 Å². The number of fused-ring (bicyclic) bond motifs is 1. The number of benzene rings is 10. The number of esters is 1. The molecule has 7 aliphatic rings. The van der Waals surface area contributed by atoms with Crippen molar-refractivity contribution < 1.29 is 123 Å². The molecule has 756 valence electrons. The second-order valence-corrected chi connectivity index (χ2v) is 38.1. The van der Waals surface area contributed by atoms with E-state index in [1.54, 1.807) is 13.8 Å². The minimum atomic E-state index is -1.66. The number of hydrogen-bond acceptors (Lipinski definition) is 26. The number of nitrogens with one attached hydrogen (secondary N) is 1. The lowest BCUT2D eigenvalue weighted by Gasteiger charge is -2.55. The van der Waals surface area contributed by atoms with Crippen molar-refractivity contribution in [3.05, 3.63) is 359 Å². The zero-order chi connectivity index (χ0) is 98.3. The summed E-state index contributed by atoms with van der Waals surface area (Å²) in [5.41, 5.74) is 8.93. The van der Waals surface area contributed by atoms with Gasteiger partial charge in [-0.2, -0.15) is 0 Å². The maximum atomic E-state index is 15.0. The van der Waals surface area contributed by atoms with Gasteiger partial charge in [0.1, 0.15) is 104 Å². The van der Waals surface area contributed by atoms with Crippen molar-refractivity contribution in [2.75, 3.05) is 13.2 Å². The number of ether oxygens (including phenoxy) is 24. The molecule has 10 aromatic carbocycles. The van der Waals surface area contributed by atoms with Crippen LogP contribution in [0.5, 0.6) is 0 Å². The van der Waals surface area contributed by atoms with Crippen LogP contribution in [0.15, 0.2) is 303 Å². The van der Waals surface area contributed by atoms with Crippen molar-refractivity contribution in [1.29, 1.82) is 0 Å². The molecule has 17 rings (SSSR count). The number of rotatable bonds is 43. The van der Waals surface area contributed by atoms with Crippen molar-refractivity contribution in [2.24, 2.45) is 5.92 Å². The van der Waals surface area contributed by atoms with Gasteiger partial charge in [-0.1, -0.05) is 310 Å². The van der Waals surface area contributed by atoms with E-state index in [-0.39, 0.29) is 79.3 Å². The summed E-state index contributed by atoms with van der Waals surface area (Å²) in [5.74, 6) is -3.15. The Morgan fingerprint density at radius 3 is 0.979 bits per heavy atom. The Labute approximate surface area is 833 Å². The third kappa shape index (κ3) is 27.7. The molecule has 30 atom stereocenters. The van der Waals surface area contributed by atoms with E-state index < -0.39 is 201 Å². The van der Waals surface area contributed by atoms with Crippen LogP contribution in [0.3, 0.4) is 0 Å². The van der Waals surface area contributed by atoms with Gasteiger partial charge in [0.2, 0.25) is 5.91 Å². The van der Waals surface area contributed by atoms with Crippen LogP contribution >= 0.6 is 0 Å². The Morgan fingerprint density at radius 1 is 0.289 bits per heavy atom. The molecule has 27 heteroatoms. The average Bonchev–Trinajstić information content (AvgIpc) is 0.749. The summed E-state index contributed by atoms with van der Waals surface area (Å²) in [6.45, 7) is 19.1. The van der Waals surface area contributed by atoms with Gasteiger partial charge in [0, 0.05) is 19.8 Å². The molecule has 7 saturated heterocycles. The van der Waals surface area contributed by atoms with Crippen LogP contribution in [-0.2, 0) is 189 Å². The van der Waals surface area contributed by atoms with Crippen molar-refractivity contribution in [2.45, 2.75) is 319 Å². The summed E-state index contributed by atoms with van der Waals surface area (Å²) in [6.07, 6.45) is -30.7. The molecular formula is C115H135NO26. The lowest BCUT2D eigenvalue weighted by Crippen LogP contribution is -2.72. The monoisotopic (exact) mass is 1950 g/mol. The summed E-state index contributed by atoms with van der Waals surface area (Å²) in [6, 6.07) is 97.2. The van der Waals surface area contributed by atoms with Crippen LogP contribution in [0.4, 0.5) is 0 Å². The fraction of sp³-hybridized carbons (Fsp3) is 0.461. The maximum absolute atomic E-state index is 15.0. The lowest BCUT2D eigenvalue weighted by atomic mass is 9.91. The molecule has 1 amide bonds. The molecule has 0 saturated carbocycles. The smallest absolute Gasteiger partial charge is 0.303 e. The molecule has 0 bridgehead atoms. The van der Waals surface area contributed by atoms with Gasteiger partial charge >= 0.3 is 5.97 Å². The summed E-state index contributed by atoms with van der Waals surface area (Å²) >= 11 is 0. The first-order valence-electron chi connectivity index (χ1n) is 49.7. The van der Waals surface area contributed by atoms with Crippen molar-refractivity contribution in [3.8, 4) is 0 Å². The van der Waals surface area contributed by atoms with Gasteiger partial charge in [-0.15, -0.1) is 0 Å². The molecule has 0 aliphatic carbocycles. The molecule has 0 radical (unpaired) electrons. The van der Waals surface area contributed by atoms with E-state index >= 15 is 4.79 Å². The summed E-state index contributed by atoms with van der Waals surface area (Å²) in [7, 11) is 0. The normalized spacial score (nSPS) is 31.9. The Hall–Kier alpha value is -9.78. The van der Waals surface area contributed by atoms with Crippen LogP contribution in [-0.4, -0.2) is 209 Å². The Bertz CT molecular complexity index is 5380. The van der Waals surface area contributed by atoms with E-state index in [1.165, 1.54) is 13.8 Å². The molecule has 0 spiro atoms. The fourth-order valence-corrected chi connectivity index (χ4v) is 19.7. The third-order valence-corrected chi connectivity index (χ3v) is 26.9. The van der Waals surface area contributed by atoms with Gasteiger partial charge in [0.15, 0.2) is 43.3 Å². The van der Waals surface area contributed by atoms with Gasteiger partial charge in [-0.25, -0.2) is 0 Å². The highest BCUT2D eigenvalue weighted by Gasteiger charge is 2.62. The standard InChI is InChI=1S/C115H135NO26/c1-73-94(120-62-82-43-23-12-24-44-82)95(121-63-83-45-25-13-26-46-83)75(3)131-110(73)139-105-97(123-65-85-49-29-15-30-50-85)76(4)132-113(108(105)134-80(8)118)138-102-93(116-79(7)117)111(135-92-72-129-115(9,10)142-101(92)102)141-109-106(98(124-66-86-51-31-16-32-52-86)77(5)133-114(109)137-99-78(6)130-74(2)96(122-64-84-47-27-14-28-48-84)103(99)126-68-88-55-35-18-36-56-88)140-112-107(128-70-90-59-39-20-40-60-90)104(127-69-89-57-37-19-38-58-89)100(125-67-87-53-33-17-34-54-87)91(136-112)71-119-61-81-41-21-11-22-42-81/h11-60,73-78,91-114H,61-72H2,1-10H3,(H,116,117)/t73?,74?,75?,76?,77?,78-,91-,92?,93?,94+,95-,96-,97-,98-,99?,100+,101+,102+,103-,104?,105-,106-,107?,108?,109?,110-,111-,112+,113-,114-/m0/s1. The summed E-state index contributed by atoms with van der Waals surface area (Å²) in [4.78, 5) is 29.5. The molecule has 142 heavy (non-hydrogen) atoms. The van der Waals surface area contributed by atoms with E-state index in [0.29, 0.717) is 0 Å². The zero-order valence-corrected chi connectivity index (χ0v) is 82.3. The maximum Gasteiger partial charge on any atom is 0.303 e. The first kappa shape index (κ1) is 104. The minimum Gasteiger partial charge on any atom is -0.454 e. The molecular weight excluding hydrogens is 1810 g/mol. The molecule has 1 N–H and O–H groups in total. The first-order chi connectivity index (χ1) is 69.2. The predicted octanol–water partition coefficient (Wildman–Crippen LogP) is 17.1. The number of hydrogen-bond donors (Lipinski definition) is 1. The molecule has 10 aromatic rings. The van der Waals surface area contributed by atoms with Crippen LogP contribution in [0, 0.1) is 5.92 Å². The highest BCUT2D eigenvalue weighted by molar-refractivity contribution is 5.73. The predicted molar refractivity (Wildman–Crippen MR) is 523 cm³/mol. The highest BCUT2D eigenvalue weighted by atomic mass is 16.8. The largest absolute Gasteiger partial charge is 0.454 e. The average molecular weight is 1950 g/mol. The van der Waals surface area contributed by atoms with Crippen LogP contribution in [0.2, 0.25) is 0 Å². The minimum absolute atomic E-state index is 0.0218.